The van der Waals surface area contributed by atoms with Crippen molar-refractivity contribution < 1.29 is 4.74 Å². The summed E-state index contributed by atoms with van der Waals surface area (Å²) in [5, 5.41) is 17.7. The van der Waals surface area contributed by atoms with E-state index in [1.807, 2.05) is 31.2 Å². The number of ether oxygens (including phenoxy) is 1. The molecule has 0 spiro atoms. The quantitative estimate of drug-likeness (QED) is 0.748. The Hall–Kier alpha value is -2.98. The molecule has 4 rings (SSSR count). The Bertz CT molecular complexity index is 954. The second-order valence-electron chi connectivity index (χ2n) is 6.72. The van der Waals surface area contributed by atoms with E-state index in [1.165, 1.54) is 0 Å². The summed E-state index contributed by atoms with van der Waals surface area (Å²) in [4.78, 5) is 8.45. The molecule has 1 aliphatic rings. The number of nitrogens with zero attached hydrogens (tertiary/aromatic N) is 5. The van der Waals surface area contributed by atoms with E-state index in [-0.39, 0.29) is 0 Å². The van der Waals surface area contributed by atoms with Gasteiger partial charge < -0.3 is 10.1 Å². The molecule has 0 amide bonds. The number of pyridine rings is 1. The van der Waals surface area contributed by atoms with Crippen LogP contribution in [0.3, 0.4) is 0 Å². The third kappa shape index (κ3) is 3.62. The molecule has 1 saturated carbocycles. The fraction of sp³-hybridized carbons (Fsp3) is 0.400. The maximum atomic E-state index is 9.48. The van der Waals surface area contributed by atoms with Gasteiger partial charge in [-0.2, -0.15) is 5.26 Å². The highest BCUT2D eigenvalue weighted by Gasteiger charge is 2.22. The molecule has 7 heteroatoms. The van der Waals surface area contributed by atoms with Crippen molar-refractivity contribution in [3.63, 3.8) is 0 Å². The van der Waals surface area contributed by atoms with Gasteiger partial charge in [0.25, 0.3) is 0 Å². The fourth-order valence-electron chi connectivity index (χ4n) is 3.68. The Balaban J connectivity index is 1.60. The Morgan fingerprint density at radius 1 is 1.19 bits per heavy atom. The van der Waals surface area contributed by atoms with Gasteiger partial charge in [0.2, 0.25) is 0 Å². The number of nitriles is 1. The van der Waals surface area contributed by atoms with E-state index in [0.29, 0.717) is 29.2 Å². The molecule has 0 atom stereocenters. The first kappa shape index (κ1) is 17.4. The molecule has 3 heterocycles. The Kier molecular flexibility index (Phi) is 4.99. The molecule has 0 unspecified atom stereocenters. The van der Waals surface area contributed by atoms with E-state index in [2.05, 4.69) is 21.4 Å². The number of rotatable bonds is 5. The zero-order chi connectivity index (χ0) is 18.6. The van der Waals surface area contributed by atoms with E-state index < -0.39 is 0 Å². The Labute approximate surface area is 158 Å². The number of anilines is 1. The number of aromatic nitrogens is 4. The van der Waals surface area contributed by atoms with E-state index in [4.69, 9.17) is 9.84 Å². The van der Waals surface area contributed by atoms with Crippen molar-refractivity contribution >= 4 is 11.5 Å². The van der Waals surface area contributed by atoms with Gasteiger partial charge in [0.1, 0.15) is 17.6 Å². The van der Waals surface area contributed by atoms with E-state index in [1.54, 1.807) is 16.9 Å². The summed E-state index contributed by atoms with van der Waals surface area (Å²) in [7, 11) is 0. The number of hydrogen-bond donors (Lipinski definition) is 1. The molecule has 3 aromatic heterocycles. The molecule has 0 aromatic carbocycles. The number of nitrogens with one attached hydrogen (secondary N) is 1. The molecule has 27 heavy (non-hydrogen) atoms. The average Bonchev–Trinajstić information content (AvgIpc) is 3.08. The summed E-state index contributed by atoms with van der Waals surface area (Å²) in [6.07, 6.45) is 8.06. The number of fused-ring (bicyclic) bond motifs is 1. The first-order valence-electron chi connectivity index (χ1n) is 9.37. The lowest BCUT2D eigenvalue weighted by Gasteiger charge is -2.29. The van der Waals surface area contributed by atoms with Gasteiger partial charge in [-0.1, -0.05) is 0 Å². The Morgan fingerprint density at radius 2 is 1.96 bits per heavy atom. The van der Waals surface area contributed by atoms with Gasteiger partial charge >= 0.3 is 0 Å². The summed E-state index contributed by atoms with van der Waals surface area (Å²) in [5.41, 5.74) is 2.58. The molecular weight excluding hydrogens is 340 g/mol. The van der Waals surface area contributed by atoms with Crippen LogP contribution in [0.15, 0.2) is 36.7 Å². The first-order chi connectivity index (χ1) is 13.3. The van der Waals surface area contributed by atoms with Crippen molar-refractivity contribution in [2.75, 3.05) is 11.9 Å². The van der Waals surface area contributed by atoms with Gasteiger partial charge in [0, 0.05) is 30.6 Å². The first-order valence-corrected chi connectivity index (χ1v) is 9.37. The van der Waals surface area contributed by atoms with Crippen LogP contribution in [-0.2, 0) is 4.74 Å². The third-order valence-electron chi connectivity index (χ3n) is 4.97. The number of imidazole rings is 1. The Morgan fingerprint density at radius 3 is 2.67 bits per heavy atom. The van der Waals surface area contributed by atoms with Gasteiger partial charge in [0.15, 0.2) is 11.3 Å². The van der Waals surface area contributed by atoms with Gasteiger partial charge in [-0.25, -0.2) is 9.50 Å². The lowest BCUT2D eigenvalue weighted by atomic mass is 9.93. The lowest BCUT2D eigenvalue weighted by molar-refractivity contribution is 0.0346. The molecule has 0 saturated heterocycles. The van der Waals surface area contributed by atoms with Crippen molar-refractivity contribution in [1.82, 2.24) is 19.6 Å². The SMILES string of the molecule is CCOC1CCC(Nc2ccc3nc(C#N)c(-c4ccncc4)n3n2)CC1. The summed E-state index contributed by atoms with van der Waals surface area (Å²) in [5.74, 6) is 0.791. The molecule has 1 N–H and O–H groups in total. The van der Waals surface area contributed by atoms with Crippen LogP contribution in [0.2, 0.25) is 0 Å². The zero-order valence-corrected chi connectivity index (χ0v) is 15.3. The van der Waals surface area contributed by atoms with Crippen LogP contribution in [0, 0.1) is 11.3 Å². The van der Waals surface area contributed by atoms with E-state index >= 15 is 0 Å². The standard InChI is InChI=1S/C20H22N6O/c1-2-27-16-5-3-15(4-6-16)23-18-7-8-19-24-17(13-21)20(26(19)25-18)14-9-11-22-12-10-14/h7-12,15-16H,2-6H2,1H3,(H,23,25). The van der Waals surface area contributed by atoms with E-state index in [0.717, 1.165) is 43.7 Å². The second-order valence-corrected chi connectivity index (χ2v) is 6.72. The molecular formula is C20H22N6O. The van der Waals surface area contributed by atoms with Crippen LogP contribution in [0.4, 0.5) is 5.82 Å². The highest BCUT2D eigenvalue weighted by atomic mass is 16.5. The average molecular weight is 362 g/mol. The van der Waals surface area contributed by atoms with Crippen LogP contribution in [-0.4, -0.2) is 38.3 Å². The minimum atomic E-state index is 0.364. The zero-order valence-electron chi connectivity index (χ0n) is 15.3. The van der Waals surface area contributed by atoms with Crippen molar-refractivity contribution in [2.24, 2.45) is 0 Å². The molecule has 1 aliphatic carbocycles. The topological polar surface area (TPSA) is 88.1 Å². The minimum Gasteiger partial charge on any atom is -0.379 e. The lowest BCUT2D eigenvalue weighted by Crippen LogP contribution is -2.30. The van der Waals surface area contributed by atoms with E-state index in [9.17, 15) is 5.26 Å². The van der Waals surface area contributed by atoms with Crippen LogP contribution in [0.25, 0.3) is 16.9 Å². The molecule has 3 aromatic rings. The molecule has 1 fully saturated rings. The van der Waals surface area contributed by atoms with Gasteiger partial charge in [0.05, 0.1) is 6.10 Å². The summed E-state index contributed by atoms with van der Waals surface area (Å²) in [6, 6.07) is 10.1. The predicted octanol–water partition coefficient (Wildman–Crippen LogP) is 3.42. The third-order valence-corrected chi connectivity index (χ3v) is 4.97. The maximum absolute atomic E-state index is 9.48. The molecule has 138 valence electrons. The fourth-order valence-corrected chi connectivity index (χ4v) is 3.68. The van der Waals surface area contributed by atoms with Crippen molar-refractivity contribution in [3.8, 4) is 17.3 Å². The molecule has 0 bridgehead atoms. The second kappa shape index (κ2) is 7.72. The van der Waals surface area contributed by atoms with Crippen LogP contribution in [0.5, 0.6) is 0 Å². The number of hydrogen-bond acceptors (Lipinski definition) is 6. The largest absolute Gasteiger partial charge is 0.379 e. The van der Waals surface area contributed by atoms with Crippen LogP contribution in [0.1, 0.15) is 38.3 Å². The van der Waals surface area contributed by atoms with Crippen molar-refractivity contribution in [2.45, 2.75) is 44.8 Å². The monoisotopic (exact) mass is 362 g/mol. The normalized spacial score (nSPS) is 19.7. The van der Waals surface area contributed by atoms with Crippen LogP contribution >= 0.6 is 0 Å². The highest BCUT2D eigenvalue weighted by Crippen LogP contribution is 2.26. The summed E-state index contributed by atoms with van der Waals surface area (Å²) >= 11 is 0. The van der Waals surface area contributed by atoms with Crippen molar-refractivity contribution in [1.29, 1.82) is 5.26 Å². The van der Waals surface area contributed by atoms with Gasteiger partial charge in [-0.15, -0.1) is 5.10 Å². The smallest absolute Gasteiger partial charge is 0.169 e. The van der Waals surface area contributed by atoms with Crippen LogP contribution < -0.4 is 5.32 Å². The van der Waals surface area contributed by atoms with Gasteiger partial charge in [-0.05, 0) is 56.9 Å². The summed E-state index contributed by atoms with van der Waals surface area (Å²) in [6.45, 7) is 2.82. The molecule has 0 radical (unpaired) electrons. The molecule has 0 aliphatic heterocycles. The van der Waals surface area contributed by atoms with Gasteiger partial charge in [-0.3, -0.25) is 4.98 Å². The predicted molar refractivity (Wildman–Crippen MR) is 102 cm³/mol. The molecule has 7 nitrogen and oxygen atoms in total. The van der Waals surface area contributed by atoms with Crippen molar-refractivity contribution in [3.05, 3.63) is 42.4 Å². The minimum absolute atomic E-state index is 0.364. The highest BCUT2D eigenvalue weighted by molar-refractivity contribution is 5.69. The maximum Gasteiger partial charge on any atom is 0.169 e. The summed E-state index contributed by atoms with van der Waals surface area (Å²) < 4.78 is 7.47.